The predicted molar refractivity (Wildman–Crippen MR) is 82.0 cm³/mol. The van der Waals surface area contributed by atoms with Gasteiger partial charge < -0.3 is 5.32 Å². The molecule has 0 spiro atoms. The summed E-state index contributed by atoms with van der Waals surface area (Å²) in [6.45, 7) is 8.61. The summed E-state index contributed by atoms with van der Waals surface area (Å²) < 4.78 is 0. The van der Waals surface area contributed by atoms with Crippen LogP contribution in [0.1, 0.15) is 33.8 Å². The summed E-state index contributed by atoms with van der Waals surface area (Å²) in [7, 11) is 0. The number of halogens is 1. The second-order valence-corrected chi connectivity index (χ2v) is 6.59. The van der Waals surface area contributed by atoms with Crippen molar-refractivity contribution in [1.82, 2.24) is 0 Å². The number of benzene rings is 1. The van der Waals surface area contributed by atoms with Gasteiger partial charge in [0.2, 0.25) is 0 Å². The minimum absolute atomic E-state index is 0.315. The van der Waals surface area contributed by atoms with Crippen LogP contribution in [0.5, 0.6) is 0 Å². The van der Waals surface area contributed by atoms with E-state index in [-0.39, 0.29) is 0 Å². The molecule has 0 amide bonds. The number of hydrogen-bond acceptors (Lipinski definition) is 2. The summed E-state index contributed by atoms with van der Waals surface area (Å²) in [5, 5.41) is 4.34. The van der Waals surface area contributed by atoms with Gasteiger partial charge >= 0.3 is 0 Å². The SMILES string of the molecule is Cc1cc(C(C)Nc2ccc(Cl)cc2C)c(C)s1. The summed E-state index contributed by atoms with van der Waals surface area (Å²) >= 11 is 7.83. The Labute approximate surface area is 118 Å². The number of anilines is 1. The maximum atomic E-state index is 5.97. The van der Waals surface area contributed by atoms with E-state index in [0.29, 0.717) is 6.04 Å². The van der Waals surface area contributed by atoms with Gasteiger partial charge in [0.15, 0.2) is 0 Å². The minimum Gasteiger partial charge on any atom is -0.378 e. The highest BCUT2D eigenvalue weighted by molar-refractivity contribution is 7.12. The quantitative estimate of drug-likeness (QED) is 0.782. The van der Waals surface area contributed by atoms with Crippen molar-refractivity contribution in [3.63, 3.8) is 0 Å². The predicted octanol–water partition coefficient (Wildman–Crippen LogP) is 5.50. The van der Waals surface area contributed by atoms with Crippen molar-refractivity contribution in [2.24, 2.45) is 0 Å². The van der Waals surface area contributed by atoms with E-state index in [2.05, 4.69) is 39.1 Å². The van der Waals surface area contributed by atoms with E-state index in [1.807, 2.05) is 29.5 Å². The molecule has 0 aliphatic carbocycles. The molecule has 0 bridgehead atoms. The summed E-state index contributed by atoms with van der Waals surface area (Å²) in [4.78, 5) is 2.75. The smallest absolute Gasteiger partial charge is 0.0496 e. The molecule has 0 saturated heterocycles. The topological polar surface area (TPSA) is 12.0 Å². The van der Waals surface area contributed by atoms with Crippen LogP contribution in [0.15, 0.2) is 24.3 Å². The average molecular weight is 280 g/mol. The summed E-state index contributed by atoms with van der Waals surface area (Å²) in [6, 6.07) is 8.54. The zero-order valence-electron chi connectivity index (χ0n) is 11.2. The van der Waals surface area contributed by atoms with Crippen molar-refractivity contribution in [2.45, 2.75) is 33.7 Å². The van der Waals surface area contributed by atoms with Crippen molar-refractivity contribution in [2.75, 3.05) is 5.32 Å². The first-order valence-corrected chi connectivity index (χ1v) is 7.26. The molecule has 1 atom stereocenters. The third kappa shape index (κ3) is 2.88. The van der Waals surface area contributed by atoms with Gasteiger partial charge in [-0.05, 0) is 63.1 Å². The van der Waals surface area contributed by atoms with Crippen LogP contribution < -0.4 is 5.32 Å². The molecule has 0 aliphatic rings. The van der Waals surface area contributed by atoms with Crippen LogP contribution in [-0.2, 0) is 0 Å². The Hall–Kier alpha value is -0.990. The zero-order valence-corrected chi connectivity index (χ0v) is 12.7. The van der Waals surface area contributed by atoms with Gasteiger partial charge in [-0.2, -0.15) is 0 Å². The van der Waals surface area contributed by atoms with Crippen molar-refractivity contribution in [3.8, 4) is 0 Å². The van der Waals surface area contributed by atoms with Crippen LogP contribution in [0.3, 0.4) is 0 Å². The van der Waals surface area contributed by atoms with Crippen LogP contribution in [0.4, 0.5) is 5.69 Å². The molecular formula is C15H18ClNS. The largest absolute Gasteiger partial charge is 0.378 e. The fraction of sp³-hybridized carbons (Fsp3) is 0.333. The standard InChI is InChI=1S/C15H18ClNS/c1-9-7-13(16)5-6-15(9)17-11(3)14-8-10(2)18-12(14)4/h5-8,11,17H,1-4H3. The first kappa shape index (κ1) is 13.4. The maximum absolute atomic E-state index is 5.97. The highest BCUT2D eigenvalue weighted by atomic mass is 35.5. The molecule has 96 valence electrons. The molecule has 1 N–H and O–H groups in total. The van der Waals surface area contributed by atoms with E-state index in [9.17, 15) is 0 Å². The summed E-state index contributed by atoms with van der Waals surface area (Å²) in [6.07, 6.45) is 0. The van der Waals surface area contributed by atoms with Gasteiger partial charge in [-0.3, -0.25) is 0 Å². The second-order valence-electron chi connectivity index (χ2n) is 4.69. The van der Waals surface area contributed by atoms with E-state index in [4.69, 9.17) is 11.6 Å². The highest BCUT2D eigenvalue weighted by Gasteiger charge is 2.11. The monoisotopic (exact) mass is 279 g/mol. The number of nitrogens with one attached hydrogen (secondary N) is 1. The maximum Gasteiger partial charge on any atom is 0.0496 e. The van der Waals surface area contributed by atoms with Crippen molar-refractivity contribution in [1.29, 1.82) is 0 Å². The molecule has 3 heteroatoms. The van der Waals surface area contributed by atoms with E-state index in [1.54, 1.807) is 0 Å². The Kier molecular flexibility index (Phi) is 3.98. The fourth-order valence-electron chi connectivity index (χ4n) is 2.18. The Morgan fingerprint density at radius 1 is 1.17 bits per heavy atom. The van der Waals surface area contributed by atoms with Crippen LogP contribution in [0, 0.1) is 20.8 Å². The van der Waals surface area contributed by atoms with Gasteiger partial charge in [-0.15, -0.1) is 11.3 Å². The molecule has 0 fully saturated rings. The molecule has 1 unspecified atom stereocenters. The van der Waals surface area contributed by atoms with Gasteiger partial charge in [0.25, 0.3) is 0 Å². The van der Waals surface area contributed by atoms with Crippen LogP contribution in [0.25, 0.3) is 0 Å². The van der Waals surface area contributed by atoms with Gasteiger partial charge in [-0.25, -0.2) is 0 Å². The van der Waals surface area contributed by atoms with Gasteiger partial charge in [0.1, 0.15) is 0 Å². The first-order valence-electron chi connectivity index (χ1n) is 6.07. The van der Waals surface area contributed by atoms with E-state index >= 15 is 0 Å². The molecular weight excluding hydrogens is 262 g/mol. The zero-order chi connectivity index (χ0) is 13.3. The average Bonchev–Trinajstić information content (AvgIpc) is 2.62. The molecule has 1 aromatic heterocycles. The number of rotatable bonds is 3. The lowest BCUT2D eigenvalue weighted by atomic mass is 10.1. The molecule has 0 saturated carbocycles. The molecule has 1 aromatic carbocycles. The molecule has 1 nitrogen and oxygen atoms in total. The Balaban J connectivity index is 2.21. The van der Waals surface area contributed by atoms with E-state index < -0.39 is 0 Å². The highest BCUT2D eigenvalue weighted by Crippen LogP contribution is 2.30. The van der Waals surface area contributed by atoms with Gasteiger partial charge in [-0.1, -0.05) is 11.6 Å². The molecule has 0 aliphatic heterocycles. The Morgan fingerprint density at radius 3 is 2.44 bits per heavy atom. The van der Waals surface area contributed by atoms with E-state index in [1.165, 1.54) is 20.9 Å². The normalized spacial score (nSPS) is 12.5. The molecule has 0 radical (unpaired) electrons. The lowest BCUT2D eigenvalue weighted by Gasteiger charge is -2.17. The van der Waals surface area contributed by atoms with Crippen molar-refractivity contribution >= 4 is 28.6 Å². The minimum atomic E-state index is 0.315. The Morgan fingerprint density at radius 2 is 1.89 bits per heavy atom. The first-order chi connectivity index (χ1) is 8.47. The summed E-state index contributed by atoms with van der Waals surface area (Å²) in [5.41, 5.74) is 3.71. The number of hydrogen-bond donors (Lipinski definition) is 1. The summed E-state index contributed by atoms with van der Waals surface area (Å²) in [5.74, 6) is 0. The molecule has 18 heavy (non-hydrogen) atoms. The number of aryl methyl sites for hydroxylation is 3. The molecule has 1 heterocycles. The Bertz CT molecular complexity index is 560. The van der Waals surface area contributed by atoms with Gasteiger partial charge in [0, 0.05) is 26.5 Å². The van der Waals surface area contributed by atoms with Crippen molar-refractivity contribution < 1.29 is 0 Å². The third-order valence-corrected chi connectivity index (χ3v) is 4.32. The van der Waals surface area contributed by atoms with Crippen LogP contribution in [0.2, 0.25) is 5.02 Å². The second kappa shape index (κ2) is 5.33. The number of thiophene rings is 1. The van der Waals surface area contributed by atoms with Gasteiger partial charge in [0.05, 0.1) is 0 Å². The van der Waals surface area contributed by atoms with Crippen LogP contribution >= 0.6 is 22.9 Å². The van der Waals surface area contributed by atoms with E-state index in [0.717, 1.165) is 10.7 Å². The van der Waals surface area contributed by atoms with Crippen molar-refractivity contribution in [3.05, 3.63) is 50.2 Å². The molecule has 2 aromatic rings. The van der Waals surface area contributed by atoms with Crippen LogP contribution in [-0.4, -0.2) is 0 Å². The lowest BCUT2D eigenvalue weighted by Crippen LogP contribution is -2.07. The fourth-order valence-corrected chi connectivity index (χ4v) is 3.43. The molecule has 2 rings (SSSR count). The lowest BCUT2D eigenvalue weighted by molar-refractivity contribution is 0.879. The third-order valence-electron chi connectivity index (χ3n) is 3.11.